The van der Waals surface area contributed by atoms with Gasteiger partial charge in [0.2, 0.25) is 0 Å². The first kappa shape index (κ1) is 12.1. The molecule has 0 aliphatic rings. The van der Waals surface area contributed by atoms with Crippen molar-refractivity contribution in [1.29, 1.82) is 0 Å². The van der Waals surface area contributed by atoms with Crippen molar-refractivity contribution in [3.63, 3.8) is 0 Å². The second kappa shape index (κ2) is 4.87. The Bertz CT molecular complexity index is 527. The molecule has 1 aromatic carbocycles. The summed E-state index contributed by atoms with van der Waals surface area (Å²) < 4.78 is 19.0. The number of halogens is 2. The fraction of sp³-hybridized carbons (Fsp3) is 0.167. The van der Waals surface area contributed by atoms with Crippen LogP contribution in [0.25, 0.3) is 0 Å². The Kier molecular flexibility index (Phi) is 3.47. The Morgan fingerprint density at radius 3 is 2.71 bits per heavy atom. The van der Waals surface area contributed by atoms with E-state index in [0.717, 1.165) is 5.56 Å². The molecule has 0 amide bonds. The monoisotopic (exact) mass is 254 g/mol. The molecular weight excluding hydrogens is 243 g/mol. The van der Waals surface area contributed by atoms with E-state index in [1.54, 1.807) is 24.3 Å². The van der Waals surface area contributed by atoms with Gasteiger partial charge < -0.3 is 4.42 Å². The number of hydrazine groups is 1. The van der Waals surface area contributed by atoms with Crippen LogP contribution < -0.4 is 11.3 Å². The third-order valence-corrected chi connectivity index (χ3v) is 2.71. The number of hydrogen-bond donors (Lipinski definition) is 2. The molecule has 3 nitrogen and oxygen atoms in total. The zero-order chi connectivity index (χ0) is 12.4. The lowest BCUT2D eigenvalue weighted by Crippen LogP contribution is -2.29. The van der Waals surface area contributed by atoms with Gasteiger partial charge in [-0.1, -0.05) is 17.7 Å². The highest BCUT2D eigenvalue weighted by Crippen LogP contribution is 2.27. The summed E-state index contributed by atoms with van der Waals surface area (Å²) in [7, 11) is 0. The second-order valence-corrected chi connectivity index (χ2v) is 4.14. The van der Waals surface area contributed by atoms with Crippen LogP contribution in [0.1, 0.15) is 22.9 Å². The van der Waals surface area contributed by atoms with E-state index in [4.69, 9.17) is 21.9 Å². The first-order valence-corrected chi connectivity index (χ1v) is 5.47. The van der Waals surface area contributed by atoms with Crippen molar-refractivity contribution < 1.29 is 8.81 Å². The molecule has 1 heterocycles. The Balaban J connectivity index is 2.45. The number of benzene rings is 1. The molecule has 5 heteroatoms. The van der Waals surface area contributed by atoms with Gasteiger partial charge in [-0.3, -0.25) is 5.84 Å². The average Bonchev–Trinajstić information content (AvgIpc) is 2.71. The maximum atomic E-state index is 13.7. The van der Waals surface area contributed by atoms with Crippen molar-refractivity contribution in [2.45, 2.75) is 13.0 Å². The van der Waals surface area contributed by atoms with Gasteiger partial charge in [0.1, 0.15) is 17.6 Å². The van der Waals surface area contributed by atoms with E-state index in [0.29, 0.717) is 11.3 Å². The van der Waals surface area contributed by atoms with Gasteiger partial charge in [0.15, 0.2) is 5.22 Å². The molecule has 2 rings (SSSR count). The van der Waals surface area contributed by atoms with Gasteiger partial charge >= 0.3 is 0 Å². The number of hydrogen-bond acceptors (Lipinski definition) is 3. The molecule has 3 N–H and O–H groups in total. The van der Waals surface area contributed by atoms with Crippen LogP contribution >= 0.6 is 11.6 Å². The van der Waals surface area contributed by atoms with Crippen molar-refractivity contribution >= 4 is 11.6 Å². The molecule has 1 aromatic heterocycles. The average molecular weight is 255 g/mol. The maximum Gasteiger partial charge on any atom is 0.193 e. The highest BCUT2D eigenvalue weighted by atomic mass is 35.5. The van der Waals surface area contributed by atoms with E-state index in [1.165, 1.54) is 6.07 Å². The molecule has 0 aliphatic carbocycles. The summed E-state index contributed by atoms with van der Waals surface area (Å²) in [6.45, 7) is 1.88. The predicted molar refractivity (Wildman–Crippen MR) is 64.0 cm³/mol. The van der Waals surface area contributed by atoms with Crippen LogP contribution in [0.5, 0.6) is 0 Å². The fourth-order valence-electron chi connectivity index (χ4n) is 1.69. The van der Waals surface area contributed by atoms with Gasteiger partial charge in [0.25, 0.3) is 0 Å². The van der Waals surface area contributed by atoms with Crippen molar-refractivity contribution in [2.24, 2.45) is 5.84 Å². The molecule has 1 unspecified atom stereocenters. The lowest BCUT2D eigenvalue weighted by Gasteiger charge is -2.15. The van der Waals surface area contributed by atoms with Crippen LogP contribution in [-0.4, -0.2) is 0 Å². The highest BCUT2D eigenvalue weighted by molar-refractivity contribution is 6.28. The van der Waals surface area contributed by atoms with Gasteiger partial charge in [-0.15, -0.1) is 0 Å². The number of rotatable bonds is 3. The molecule has 0 bridgehead atoms. The molecule has 0 fully saturated rings. The van der Waals surface area contributed by atoms with Gasteiger partial charge in [0.05, 0.1) is 0 Å². The third-order valence-electron chi connectivity index (χ3n) is 2.51. The predicted octanol–water partition coefficient (Wildman–Crippen LogP) is 2.93. The standard InChI is InChI=1S/C12H12ClFN2O/c1-7-2-3-9(14)8(6-7)12(16-15)10-4-5-11(13)17-10/h2-6,12,16H,15H2,1H3. The van der Waals surface area contributed by atoms with E-state index < -0.39 is 6.04 Å². The Morgan fingerprint density at radius 2 is 2.12 bits per heavy atom. The van der Waals surface area contributed by atoms with Crippen LogP contribution in [0, 0.1) is 12.7 Å². The van der Waals surface area contributed by atoms with Gasteiger partial charge in [0, 0.05) is 5.56 Å². The van der Waals surface area contributed by atoms with Crippen LogP contribution in [0.4, 0.5) is 4.39 Å². The number of nitrogens with one attached hydrogen (secondary N) is 1. The summed E-state index contributed by atoms with van der Waals surface area (Å²) in [5, 5.41) is 0.244. The number of nitrogens with two attached hydrogens (primary N) is 1. The summed E-state index contributed by atoms with van der Waals surface area (Å²) in [6.07, 6.45) is 0. The van der Waals surface area contributed by atoms with Crippen molar-refractivity contribution in [3.8, 4) is 0 Å². The first-order valence-electron chi connectivity index (χ1n) is 5.09. The zero-order valence-electron chi connectivity index (χ0n) is 9.21. The van der Waals surface area contributed by atoms with E-state index in [2.05, 4.69) is 5.43 Å². The quantitative estimate of drug-likeness (QED) is 0.654. The molecule has 1 atom stereocenters. The molecular formula is C12H12ClFN2O. The van der Waals surface area contributed by atoms with Gasteiger partial charge in [-0.05, 0) is 36.7 Å². The van der Waals surface area contributed by atoms with E-state index >= 15 is 0 Å². The Hall–Kier alpha value is -1.36. The van der Waals surface area contributed by atoms with Crippen molar-refractivity contribution in [3.05, 3.63) is 58.3 Å². The summed E-state index contributed by atoms with van der Waals surface area (Å²) in [5.74, 6) is 5.58. The number of furan rings is 1. The van der Waals surface area contributed by atoms with Crippen LogP contribution in [-0.2, 0) is 0 Å². The summed E-state index contributed by atoms with van der Waals surface area (Å²) >= 11 is 5.69. The summed E-state index contributed by atoms with van der Waals surface area (Å²) in [5.41, 5.74) is 3.90. The van der Waals surface area contributed by atoms with Crippen molar-refractivity contribution in [1.82, 2.24) is 5.43 Å². The summed E-state index contributed by atoms with van der Waals surface area (Å²) in [4.78, 5) is 0. The first-order chi connectivity index (χ1) is 8.11. The minimum absolute atomic E-state index is 0.244. The van der Waals surface area contributed by atoms with Crippen LogP contribution in [0.2, 0.25) is 5.22 Å². The normalized spacial score (nSPS) is 12.7. The molecule has 0 saturated carbocycles. The molecule has 0 aliphatic heterocycles. The van der Waals surface area contributed by atoms with E-state index in [9.17, 15) is 4.39 Å². The smallest absolute Gasteiger partial charge is 0.193 e. The summed E-state index contributed by atoms with van der Waals surface area (Å²) in [6, 6.07) is 7.52. The fourth-order valence-corrected chi connectivity index (χ4v) is 1.85. The maximum absolute atomic E-state index is 13.7. The molecule has 90 valence electrons. The lowest BCUT2D eigenvalue weighted by atomic mass is 10.0. The van der Waals surface area contributed by atoms with E-state index in [-0.39, 0.29) is 11.0 Å². The molecule has 2 aromatic rings. The SMILES string of the molecule is Cc1ccc(F)c(C(NN)c2ccc(Cl)o2)c1. The number of aryl methyl sites for hydroxylation is 1. The van der Waals surface area contributed by atoms with Crippen LogP contribution in [0.15, 0.2) is 34.7 Å². The zero-order valence-corrected chi connectivity index (χ0v) is 9.96. The second-order valence-electron chi connectivity index (χ2n) is 3.77. The minimum atomic E-state index is -0.553. The Morgan fingerprint density at radius 1 is 1.35 bits per heavy atom. The molecule has 0 spiro atoms. The highest BCUT2D eigenvalue weighted by Gasteiger charge is 2.19. The van der Waals surface area contributed by atoms with Gasteiger partial charge in [-0.25, -0.2) is 9.82 Å². The minimum Gasteiger partial charge on any atom is -0.448 e. The molecule has 0 radical (unpaired) electrons. The Labute approximate surface area is 103 Å². The molecule has 0 saturated heterocycles. The largest absolute Gasteiger partial charge is 0.448 e. The molecule has 17 heavy (non-hydrogen) atoms. The topological polar surface area (TPSA) is 51.2 Å². The lowest BCUT2D eigenvalue weighted by molar-refractivity contribution is 0.442. The van der Waals surface area contributed by atoms with E-state index in [1.807, 2.05) is 6.92 Å². The van der Waals surface area contributed by atoms with Crippen LogP contribution in [0.3, 0.4) is 0 Å². The third kappa shape index (κ3) is 2.49. The van der Waals surface area contributed by atoms with Gasteiger partial charge in [-0.2, -0.15) is 0 Å². The van der Waals surface area contributed by atoms with Crippen molar-refractivity contribution in [2.75, 3.05) is 0 Å².